The Morgan fingerprint density at radius 2 is 2.05 bits per heavy atom. The van der Waals surface area contributed by atoms with E-state index in [0.29, 0.717) is 17.0 Å². The second-order valence-corrected chi connectivity index (χ2v) is 7.02. The zero-order chi connectivity index (χ0) is 14.0. The maximum Gasteiger partial charge on any atom is 0.147 e. The van der Waals surface area contributed by atoms with Crippen molar-refractivity contribution in [2.45, 2.75) is 64.7 Å². The van der Waals surface area contributed by atoms with Crippen LogP contribution in [-0.4, -0.2) is 9.97 Å². The minimum absolute atomic E-state index is 0.360. The number of halogens is 2. The standard InChI is InChI=1S/C15H22BrClN2/c1-4-10-6-5-7-11(8-10)15-18-13(9(2)3)12(16)14(17)19-15/h9-11H,4-8H2,1-3H3. The Bertz CT molecular complexity index is 448. The van der Waals surface area contributed by atoms with E-state index in [1.54, 1.807) is 0 Å². The van der Waals surface area contributed by atoms with Crippen molar-refractivity contribution in [1.29, 1.82) is 0 Å². The molecule has 0 aliphatic heterocycles. The molecule has 106 valence electrons. The summed E-state index contributed by atoms with van der Waals surface area (Å²) in [7, 11) is 0. The highest BCUT2D eigenvalue weighted by Crippen LogP contribution is 2.38. The van der Waals surface area contributed by atoms with E-state index in [1.165, 1.54) is 32.1 Å². The summed E-state index contributed by atoms with van der Waals surface area (Å²) in [6.45, 7) is 6.56. The van der Waals surface area contributed by atoms with Gasteiger partial charge < -0.3 is 0 Å². The summed E-state index contributed by atoms with van der Waals surface area (Å²) < 4.78 is 0.857. The first-order chi connectivity index (χ1) is 9.02. The summed E-state index contributed by atoms with van der Waals surface area (Å²) in [6, 6.07) is 0. The second-order valence-electron chi connectivity index (χ2n) is 5.86. The molecular weight excluding hydrogens is 324 g/mol. The number of hydrogen-bond acceptors (Lipinski definition) is 2. The number of hydrogen-bond donors (Lipinski definition) is 0. The third-order valence-electron chi connectivity index (χ3n) is 4.13. The van der Waals surface area contributed by atoms with E-state index in [2.05, 4.69) is 41.7 Å². The van der Waals surface area contributed by atoms with Crippen LogP contribution in [0.4, 0.5) is 0 Å². The van der Waals surface area contributed by atoms with Crippen LogP contribution in [0.3, 0.4) is 0 Å². The molecule has 2 nitrogen and oxygen atoms in total. The van der Waals surface area contributed by atoms with Gasteiger partial charge in [0.15, 0.2) is 0 Å². The van der Waals surface area contributed by atoms with Gasteiger partial charge in [-0.1, -0.05) is 51.6 Å². The quantitative estimate of drug-likeness (QED) is 0.657. The van der Waals surface area contributed by atoms with Gasteiger partial charge >= 0.3 is 0 Å². The average molecular weight is 346 g/mol. The predicted octanol–water partition coefficient (Wildman–Crippen LogP) is 5.70. The van der Waals surface area contributed by atoms with E-state index >= 15 is 0 Å². The normalized spacial score (nSPS) is 23.9. The van der Waals surface area contributed by atoms with Crippen molar-refractivity contribution in [3.8, 4) is 0 Å². The molecular formula is C15H22BrClN2. The molecule has 2 unspecified atom stereocenters. The number of nitrogens with zero attached hydrogens (tertiary/aromatic N) is 2. The van der Waals surface area contributed by atoms with Gasteiger partial charge in [0.1, 0.15) is 11.0 Å². The lowest BCUT2D eigenvalue weighted by atomic mass is 9.80. The molecule has 4 heteroatoms. The van der Waals surface area contributed by atoms with Gasteiger partial charge in [-0.05, 0) is 40.6 Å². The zero-order valence-electron chi connectivity index (χ0n) is 11.9. The highest BCUT2D eigenvalue weighted by molar-refractivity contribution is 9.10. The van der Waals surface area contributed by atoms with E-state index in [9.17, 15) is 0 Å². The number of rotatable bonds is 3. The molecule has 2 atom stereocenters. The Morgan fingerprint density at radius 1 is 1.32 bits per heavy atom. The van der Waals surface area contributed by atoms with Crippen LogP contribution in [0.2, 0.25) is 5.15 Å². The van der Waals surface area contributed by atoms with Gasteiger partial charge in [0.2, 0.25) is 0 Å². The summed E-state index contributed by atoms with van der Waals surface area (Å²) >= 11 is 9.76. The van der Waals surface area contributed by atoms with Crippen molar-refractivity contribution in [2.24, 2.45) is 5.92 Å². The molecule has 0 N–H and O–H groups in total. The van der Waals surface area contributed by atoms with E-state index in [4.69, 9.17) is 16.6 Å². The Morgan fingerprint density at radius 3 is 2.68 bits per heavy atom. The van der Waals surface area contributed by atoms with Gasteiger partial charge in [-0.25, -0.2) is 9.97 Å². The first kappa shape index (κ1) is 15.2. The second kappa shape index (κ2) is 6.53. The van der Waals surface area contributed by atoms with E-state index in [1.807, 2.05) is 0 Å². The fourth-order valence-electron chi connectivity index (χ4n) is 2.91. The maximum absolute atomic E-state index is 6.25. The first-order valence-corrected chi connectivity index (χ1v) is 8.42. The van der Waals surface area contributed by atoms with Crippen molar-refractivity contribution in [1.82, 2.24) is 9.97 Å². The van der Waals surface area contributed by atoms with E-state index in [0.717, 1.165) is 21.9 Å². The molecule has 1 saturated carbocycles. The molecule has 1 fully saturated rings. The molecule has 1 aromatic rings. The highest BCUT2D eigenvalue weighted by Gasteiger charge is 2.26. The zero-order valence-corrected chi connectivity index (χ0v) is 14.3. The van der Waals surface area contributed by atoms with Crippen molar-refractivity contribution in [2.75, 3.05) is 0 Å². The lowest BCUT2D eigenvalue weighted by molar-refractivity contribution is 0.306. The predicted molar refractivity (Wildman–Crippen MR) is 83.8 cm³/mol. The van der Waals surface area contributed by atoms with E-state index < -0.39 is 0 Å². The van der Waals surface area contributed by atoms with Crippen LogP contribution in [0.25, 0.3) is 0 Å². The monoisotopic (exact) mass is 344 g/mol. The third-order valence-corrected chi connectivity index (χ3v) is 5.41. The Hall–Kier alpha value is -0.150. The fourth-order valence-corrected chi connectivity index (χ4v) is 3.73. The van der Waals surface area contributed by atoms with Crippen LogP contribution in [0.5, 0.6) is 0 Å². The van der Waals surface area contributed by atoms with Gasteiger partial charge in [-0.2, -0.15) is 0 Å². The summed E-state index contributed by atoms with van der Waals surface area (Å²) in [6.07, 6.45) is 6.32. The molecule has 0 spiro atoms. The van der Waals surface area contributed by atoms with Crippen molar-refractivity contribution < 1.29 is 0 Å². The van der Waals surface area contributed by atoms with Gasteiger partial charge in [0.05, 0.1) is 10.2 Å². The molecule has 19 heavy (non-hydrogen) atoms. The summed E-state index contributed by atoms with van der Waals surface area (Å²) in [5, 5.41) is 0.562. The van der Waals surface area contributed by atoms with Crippen LogP contribution in [-0.2, 0) is 0 Å². The minimum Gasteiger partial charge on any atom is -0.236 e. The van der Waals surface area contributed by atoms with Gasteiger partial charge in [-0.3, -0.25) is 0 Å². The molecule has 1 aliphatic carbocycles. The van der Waals surface area contributed by atoms with Crippen LogP contribution < -0.4 is 0 Å². The molecule has 0 amide bonds. The molecule has 0 radical (unpaired) electrons. The molecule has 0 aromatic carbocycles. The fraction of sp³-hybridized carbons (Fsp3) is 0.733. The smallest absolute Gasteiger partial charge is 0.147 e. The van der Waals surface area contributed by atoms with Gasteiger partial charge in [-0.15, -0.1) is 0 Å². The van der Waals surface area contributed by atoms with Crippen molar-refractivity contribution in [3.05, 3.63) is 21.1 Å². The minimum atomic E-state index is 0.360. The topological polar surface area (TPSA) is 25.8 Å². The Balaban J connectivity index is 2.29. The lowest BCUT2D eigenvalue weighted by Gasteiger charge is -2.28. The number of aromatic nitrogens is 2. The highest BCUT2D eigenvalue weighted by atomic mass is 79.9. The lowest BCUT2D eigenvalue weighted by Crippen LogP contribution is -2.17. The van der Waals surface area contributed by atoms with Crippen LogP contribution in [0.1, 0.15) is 76.2 Å². The average Bonchev–Trinajstić information content (AvgIpc) is 2.41. The molecule has 0 saturated heterocycles. The summed E-state index contributed by atoms with van der Waals surface area (Å²) in [5.74, 6) is 2.63. The van der Waals surface area contributed by atoms with Gasteiger partial charge in [0, 0.05) is 5.92 Å². The van der Waals surface area contributed by atoms with Crippen LogP contribution >= 0.6 is 27.5 Å². The Kier molecular flexibility index (Phi) is 5.24. The molecule has 2 rings (SSSR count). The van der Waals surface area contributed by atoms with Gasteiger partial charge in [0.25, 0.3) is 0 Å². The summed E-state index contributed by atoms with van der Waals surface area (Å²) in [4.78, 5) is 9.30. The summed E-state index contributed by atoms with van der Waals surface area (Å²) in [5.41, 5.74) is 1.04. The first-order valence-electron chi connectivity index (χ1n) is 7.25. The molecule has 0 bridgehead atoms. The molecule has 1 heterocycles. The third kappa shape index (κ3) is 3.49. The Labute approximate surface area is 129 Å². The van der Waals surface area contributed by atoms with E-state index in [-0.39, 0.29) is 0 Å². The van der Waals surface area contributed by atoms with Crippen molar-refractivity contribution in [3.63, 3.8) is 0 Å². The maximum atomic E-state index is 6.25. The van der Waals surface area contributed by atoms with Crippen molar-refractivity contribution >= 4 is 27.5 Å². The van der Waals surface area contributed by atoms with Crippen LogP contribution in [0, 0.1) is 5.92 Å². The SMILES string of the molecule is CCC1CCCC(c2nc(Cl)c(Br)c(C(C)C)n2)C1. The molecule has 1 aromatic heterocycles. The largest absolute Gasteiger partial charge is 0.236 e. The van der Waals surface area contributed by atoms with Crippen LogP contribution in [0.15, 0.2) is 4.47 Å². The molecule has 1 aliphatic rings.